The van der Waals surface area contributed by atoms with E-state index in [1.807, 2.05) is 24.2 Å². The molecule has 1 N–H and O–H groups in total. The van der Waals surface area contributed by atoms with Crippen LogP contribution in [0.4, 0.5) is 0 Å². The zero-order chi connectivity index (χ0) is 28.1. The summed E-state index contributed by atoms with van der Waals surface area (Å²) in [7, 11) is 2.00. The van der Waals surface area contributed by atoms with Crippen LogP contribution in [0.2, 0.25) is 0 Å². The second-order valence-electron chi connectivity index (χ2n) is 12.0. The van der Waals surface area contributed by atoms with Gasteiger partial charge < -0.3 is 9.75 Å². The summed E-state index contributed by atoms with van der Waals surface area (Å²) in [5, 5.41) is 1.97. The van der Waals surface area contributed by atoms with E-state index in [-0.39, 0.29) is 5.41 Å². The van der Waals surface area contributed by atoms with E-state index in [0.29, 0.717) is 6.10 Å². The SMILES string of the molecule is C#CC(=C)C(C)(C)Cc1ccc(OC2CC(C)CC(C)C2)cc1CCCCCCNN(C)C(=C)/C=C\C=C. The number of benzene rings is 1. The highest BCUT2D eigenvalue weighted by Crippen LogP contribution is 2.34. The monoisotopic (exact) mass is 516 g/mol. The molecule has 1 aliphatic carbocycles. The predicted molar refractivity (Wildman–Crippen MR) is 165 cm³/mol. The number of likely N-dealkylation sites (N-methyl/N-ethyl adjacent to an activating group) is 1. The molecule has 1 saturated carbocycles. The molecule has 208 valence electrons. The number of rotatable bonds is 16. The van der Waals surface area contributed by atoms with Crippen molar-refractivity contribution in [1.29, 1.82) is 0 Å². The lowest BCUT2D eigenvalue weighted by molar-refractivity contribution is 0.101. The molecule has 0 amide bonds. The van der Waals surface area contributed by atoms with Gasteiger partial charge in [-0.1, -0.05) is 84.4 Å². The Hall–Kier alpha value is -2.70. The molecule has 0 spiro atoms. The normalized spacial score (nSPS) is 19.6. The van der Waals surface area contributed by atoms with Crippen LogP contribution < -0.4 is 10.2 Å². The summed E-state index contributed by atoms with van der Waals surface area (Å²) in [6.07, 6.45) is 21.9. The topological polar surface area (TPSA) is 24.5 Å². The summed E-state index contributed by atoms with van der Waals surface area (Å²) >= 11 is 0. The van der Waals surface area contributed by atoms with Crippen LogP contribution in [0.15, 0.2) is 67.4 Å². The lowest BCUT2D eigenvalue weighted by Crippen LogP contribution is -2.33. The van der Waals surface area contributed by atoms with Crippen LogP contribution in [0.1, 0.15) is 83.8 Å². The van der Waals surface area contributed by atoms with E-state index in [1.54, 1.807) is 6.08 Å². The summed E-state index contributed by atoms with van der Waals surface area (Å²) in [5.41, 5.74) is 7.80. The first-order chi connectivity index (χ1) is 18.1. The molecule has 0 aliphatic heterocycles. The molecule has 1 aromatic rings. The summed E-state index contributed by atoms with van der Waals surface area (Å²) in [6, 6.07) is 6.73. The first-order valence-electron chi connectivity index (χ1n) is 14.5. The second-order valence-corrected chi connectivity index (χ2v) is 12.0. The molecule has 2 atom stereocenters. The Kier molecular flexibility index (Phi) is 13.0. The number of ether oxygens (including phenoxy) is 1. The van der Waals surface area contributed by atoms with Crippen LogP contribution in [-0.4, -0.2) is 24.7 Å². The average Bonchev–Trinajstić information content (AvgIpc) is 2.86. The Bertz CT molecular complexity index is 986. The maximum Gasteiger partial charge on any atom is 0.120 e. The van der Waals surface area contributed by atoms with Gasteiger partial charge in [-0.3, -0.25) is 0 Å². The molecule has 3 nitrogen and oxygen atoms in total. The van der Waals surface area contributed by atoms with Crippen molar-refractivity contribution in [2.24, 2.45) is 17.3 Å². The minimum Gasteiger partial charge on any atom is -0.490 e. The lowest BCUT2D eigenvalue weighted by Gasteiger charge is -2.32. The van der Waals surface area contributed by atoms with E-state index in [4.69, 9.17) is 11.2 Å². The van der Waals surface area contributed by atoms with E-state index in [2.05, 4.69) is 77.0 Å². The van der Waals surface area contributed by atoms with E-state index in [1.165, 1.54) is 30.4 Å². The van der Waals surface area contributed by atoms with Gasteiger partial charge in [-0.25, -0.2) is 5.43 Å². The maximum absolute atomic E-state index is 6.54. The van der Waals surface area contributed by atoms with Gasteiger partial charge in [-0.15, -0.1) is 6.42 Å². The Morgan fingerprint density at radius 2 is 1.79 bits per heavy atom. The van der Waals surface area contributed by atoms with Crippen molar-refractivity contribution in [3.63, 3.8) is 0 Å². The van der Waals surface area contributed by atoms with Gasteiger partial charge >= 0.3 is 0 Å². The van der Waals surface area contributed by atoms with E-state index >= 15 is 0 Å². The minimum atomic E-state index is -0.136. The molecule has 3 heteroatoms. The molecular formula is C35H52N2O. The summed E-state index contributed by atoms with van der Waals surface area (Å²) in [5.74, 6) is 5.25. The third-order valence-electron chi connectivity index (χ3n) is 7.82. The van der Waals surface area contributed by atoms with Crippen LogP contribution in [0.25, 0.3) is 0 Å². The summed E-state index contributed by atoms with van der Waals surface area (Å²) in [6.45, 7) is 21.9. The number of unbranched alkanes of at least 4 members (excludes halogenated alkanes) is 3. The molecule has 2 rings (SSSR count). The molecule has 38 heavy (non-hydrogen) atoms. The fourth-order valence-electron chi connectivity index (χ4n) is 5.45. The van der Waals surface area contributed by atoms with Crippen LogP contribution in [0.3, 0.4) is 0 Å². The fourth-order valence-corrected chi connectivity index (χ4v) is 5.45. The smallest absolute Gasteiger partial charge is 0.120 e. The van der Waals surface area contributed by atoms with Gasteiger partial charge in [-0.2, -0.15) is 0 Å². The number of hydrogen-bond donors (Lipinski definition) is 1. The molecule has 1 aromatic carbocycles. The zero-order valence-electron chi connectivity index (χ0n) is 24.8. The van der Waals surface area contributed by atoms with Gasteiger partial charge in [0.05, 0.1) is 6.10 Å². The maximum atomic E-state index is 6.54. The molecule has 0 heterocycles. The Balaban J connectivity index is 1.96. The highest BCUT2D eigenvalue weighted by Gasteiger charge is 2.26. The van der Waals surface area contributed by atoms with Crippen LogP contribution in [-0.2, 0) is 12.8 Å². The molecule has 1 aliphatic rings. The van der Waals surface area contributed by atoms with Gasteiger partial charge in [0.1, 0.15) is 5.75 Å². The number of nitrogens with zero attached hydrogens (tertiary/aromatic N) is 1. The summed E-state index contributed by atoms with van der Waals surface area (Å²) in [4.78, 5) is 0. The number of hydrogen-bond acceptors (Lipinski definition) is 3. The van der Waals surface area contributed by atoms with Crippen molar-refractivity contribution in [1.82, 2.24) is 10.4 Å². The van der Waals surface area contributed by atoms with E-state index in [9.17, 15) is 0 Å². The number of allylic oxidation sites excluding steroid dienone is 4. The van der Waals surface area contributed by atoms with Crippen LogP contribution in [0, 0.1) is 29.6 Å². The number of terminal acetylenes is 1. The largest absolute Gasteiger partial charge is 0.490 e. The molecule has 0 bridgehead atoms. The fraction of sp³-hybridized carbons (Fsp3) is 0.543. The first-order valence-corrected chi connectivity index (χ1v) is 14.5. The molecule has 2 unspecified atom stereocenters. The highest BCUT2D eigenvalue weighted by molar-refractivity contribution is 5.39. The number of nitrogens with one attached hydrogen (secondary N) is 1. The van der Waals surface area contributed by atoms with E-state index in [0.717, 1.165) is 73.9 Å². The number of aryl methyl sites for hydroxylation is 1. The van der Waals surface area contributed by atoms with Crippen molar-refractivity contribution >= 4 is 0 Å². The zero-order valence-corrected chi connectivity index (χ0v) is 24.8. The lowest BCUT2D eigenvalue weighted by atomic mass is 9.78. The van der Waals surface area contributed by atoms with Crippen molar-refractivity contribution in [2.45, 2.75) is 91.6 Å². The minimum absolute atomic E-state index is 0.136. The third-order valence-corrected chi connectivity index (χ3v) is 7.82. The molecular weight excluding hydrogens is 464 g/mol. The van der Waals surface area contributed by atoms with Crippen molar-refractivity contribution < 1.29 is 4.74 Å². The number of hydrazine groups is 1. The van der Waals surface area contributed by atoms with E-state index < -0.39 is 0 Å². The molecule has 1 fully saturated rings. The van der Waals surface area contributed by atoms with Gasteiger partial charge in [0, 0.05) is 30.3 Å². The Morgan fingerprint density at radius 3 is 2.45 bits per heavy atom. The molecule has 0 saturated heterocycles. The van der Waals surface area contributed by atoms with Crippen LogP contribution in [0.5, 0.6) is 5.75 Å². The highest BCUT2D eigenvalue weighted by atomic mass is 16.5. The van der Waals surface area contributed by atoms with Crippen molar-refractivity contribution in [2.75, 3.05) is 13.6 Å². The first kappa shape index (κ1) is 31.5. The standard InChI is InChI=1S/C35H52N2O/c1-10-12-17-30(6)37(9)36-21-16-14-13-15-18-31-25-33(38-34-23-27(3)22-28(4)24-34)20-19-32(31)26-35(7,8)29(5)11-2/h2,10,12,17,19-20,25,27-28,34,36H,1,5-6,13-16,18,21-24,26H2,3-4,7-9H3/b17-12-. The van der Waals surface area contributed by atoms with Gasteiger partial charge in [-0.05, 0) is 86.1 Å². The van der Waals surface area contributed by atoms with Gasteiger partial charge in [0.25, 0.3) is 0 Å². The second kappa shape index (κ2) is 15.6. The molecule has 0 radical (unpaired) electrons. The van der Waals surface area contributed by atoms with Crippen LogP contribution >= 0.6 is 0 Å². The summed E-state index contributed by atoms with van der Waals surface area (Å²) < 4.78 is 6.54. The molecule has 0 aromatic heterocycles. The Morgan fingerprint density at radius 1 is 1.11 bits per heavy atom. The predicted octanol–water partition coefficient (Wildman–Crippen LogP) is 8.44. The third kappa shape index (κ3) is 10.6. The quantitative estimate of drug-likeness (QED) is 0.103. The Labute approximate surface area is 234 Å². The average molecular weight is 517 g/mol. The van der Waals surface area contributed by atoms with Gasteiger partial charge in [0.15, 0.2) is 0 Å². The van der Waals surface area contributed by atoms with Gasteiger partial charge in [0.2, 0.25) is 0 Å². The van der Waals surface area contributed by atoms with Crippen molar-refractivity contribution in [3.05, 3.63) is 78.6 Å². The van der Waals surface area contributed by atoms with Crippen molar-refractivity contribution in [3.8, 4) is 18.1 Å².